The molecule has 4 heteroatoms. The van der Waals surface area contributed by atoms with Gasteiger partial charge in [0.1, 0.15) is 11.2 Å². The first kappa shape index (κ1) is 13.1. The third kappa shape index (κ3) is 2.16. The first-order valence-corrected chi connectivity index (χ1v) is 6.87. The van der Waals surface area contributed by atoms with Gasteiger partial charge in [-0.1, -0.05) is 53.5 Å². The topological polar surface area (TPSA) is 28.7 Å². The first-order valence-electron chi connectivity index (χ1n) is 6.12. The second kappa shape index (κ2) is 5.20. The van der Waals surface area contributed by atoms with Crippen molar-refractivity contribution in [3.8, 4) is 6.07 Å². The van der Waals surface area contributed by atoms with Gasteiger partial charge in [0, 0.05) is 17.0 Å². The van der Waals surface area contributed by atoms with E-state index < -0.39 is 0 Å². The Morgan fingerprint density at radius 1 is 1.05 bits per heavy atom. The molecular weight excluding hydrogens is 291 g/mol. The van der Waals surface area contributed by atoms with Crippen LogP contribution in [0.15, 0.2) is 48.5 Å². The van der Waals surface area contributed by atoms with Gasteiger partial charge in [0.25, 0.3) is 0 Å². The first-order chi connectivity index (χ1) is 9.70. The summed E-state index contributed by atoms with van der Waals surface area (Å²) in [5.74, 6) is 0. The van der Waals surface area contributed by atoms with Crippen LogP contribution in [0.25, 0.3) is 10.9 Å². The number of hydrogen-bond donors (Lipinski definition) is 0. The molecule has 1 heterocycles. The van der Waals surface area contributed by atoms with E-state index in [0.717, 1.165) is 16.5 Å². The summed E-state index contributed by atoms with van der Waals surface area (Å²) in [5.41, 5.74) is 2.52. The Bertz CT molecular complexity index is 828. The minimum atomic E-state index is 0.466. The summed E-state index contributed by atoms with van der Waals surface area (Å²) in [4.78, 5) is 0. The molecule has 1 aromatic heterocycles. The highest BCUT2D eigenvalue weighted by Crippen LogP contribution is 2.30. The lowest BCUT2D eigenvalue weighted by Gasteiger charge is -2.07. The van der Waals surface area contributed by atoms with Crippen molar-refractivity contribution in [3.05, 3.63) is 69.8 Å². The Balaban J connectivity index is 2.17. The molecule has 0 bridgehead atoms. The van der Waals surface area contributed by atoms with Crippen LogP contribution in [0.4, 0.5) is 0 Å². The van der Waals surface area contributed by atoms with Crippen LogP contribution in [0.5, 0.6) is 0 Å². The maximum atomic E-state index is 9.27. The molecule has 0 saturated carbocycles. The molecule has 0 aliphatic rings. The van der Waals surface area contributed by atoms with Crippen LogP contribution in [-0.4, -0.2) is 4.57 Å². The maximum Gasteiger partial charge on any atom is 0.128 e. The summed E-state index contributed by atoms with van der Waals surface area (Å²) in [5, 5.41) is 11.3. The molecule has 0 aliphatic carbocycles. The minimum Gasteiger partial charge on any atom is -0.326 e. The minimum absolute atomic E-state index is 0.466. The highest BCUT2D eigenvalue weighted by molar-refractivity contribution is 6.32. The fraction of sp³-hybridized carbons (Fsp3) is 0.0625. The average molecular weight is 301 g/mol. The number of rotatable bonds is 2. The van der Waals surface area contributed by atoms with Gasteiger partial charge in [0.05, 0.1) is 11.1 Å². The SMILES string of the molecule is N#Cc1c(Cl)n(Cc2cccc(Cl)c2)c2ccccc12. The summed E-state index contributed by atoms with van der Waals surface area (Å²) in [6, 6.07) is 17.5. The monoisotopic (exact) mass is 300 g/mol. The van der Waals surface area contributed by atoms with E-state index in [0.29, 0.717) is 22.3 Å². The molecule has 0 unspecified atom stereocenters. The molecule has 2 aromatic carbocycles. The third-order valence-corrected chi connectivity index (χ3v) is 3.88. The molecule has 2 nitrogen and oxygen atoms in total. The molecule has 3 rings (SSSR count). The van der Waals surface area contributed by atoms with Gasteiger partial charge in [-0.2, -0.15) is 5.26 Å². The summed E-state index contributed by atoms with van der Waals surface area (Å²) in [6.45, 7) is 0.585. The maximum absolute atomic E-state index is 9.27. The van der Waals surface area contributed by atoms with Gasteiger partial charge in [-0.25, -0.2) is 0 Å². The van der Waals surface area contributed by atoms with Crippen molar-refractivity contribution in [2.24, 2.45) is 0 Å². The third-order valence-electron chi connectivity index (χ3n) is 3.25. The van der Waals surface area contributed by atoms with Crippen LogP contribution in [0.3, 0.4) is 0 Å². The predicted molar refractivity (Wildman–Crippen MR) is 82.2 cm³/mol. The van der Waals surface area contributed by atoms with Crippen LogP contribution >= 0.6 is 23.2 Å². The predicted octanol–water partition coefficient (Wildman–Crippen LogP) is 4.87. The van der Waals surface area contributed by atoms with Crippen LogP contribution in [0, 0.1) is 11.3 Å². The van der Waals surface area contributed by atoms with Crippen LogP contribution in [0.2, 0.25) is 10.2 Å². The zero-order valence-electron chi connectivity index (χ0n) is 10.5. The van der Waals surface area contributed by atoms with E-state index in [-0.39, 0.29) is 0 Å². The van der Waals surface area contributed by atoms with Gasteiger partial charge in [0.2, 0.25) is 0 Å². The van der Waals surface area contributed by atoms with Crippen LogP contribution in [0.1, 0.15) is 11.1 Å². The van der Waals surface area contributed by atoms with Gasteiger partial charge in [0.15, 0.2) is 0 Å². The van der Waals surface area contributed by atoms with E-state index in [1.165, 1.54) is 0 Å². The Morgan fingerprint density at radius 2 is 1.85 bits per heavy atom. The summed E-state index contributed by atoms with van der Waals surface area (Å²) < 4.78 is 1.93. The van der Waals surface area contributed by atoms with Crippen molar-refractivity contribution in [1.82, 2.24) is 4.57 Å². The molecule has 0 aliphatic heterocycles. The van der Waals surface area contributed by atoms with Gasteiger partial charge in [-0.3, -0.25) is 0 Å². The van der Waals surface area contributed by atoms with Crippen molar-refractivity contribution < 1.29 is 0 Å². The normalized spacial score (nSPS) is 10.7. The second-order valence-corrected chi connectivity index (χ2v) is 5.31. The van der Waals surface area contributed by atoms with E-state index in [1.807, 2.05) is 53.1 Å². The van der Waals surface area contributed by atoms with Crippen molar-refractivity contribution in [1.29, 1.82) is 5.26 Å². The molecule has 0 amide bonds. The number of nitriles is 1. The molecule has 0 fully saturated rings. The molecule has 3 aromatic rings. The molecule has 0 radical (unpaired) electrons. The van der Waals surface area contributed by atoms with Crippen LogP contribution < -0.4 is 0 Å². The van der Waals surface area contributed by atoms with Crippen molar-refractivity contribution in [3.63, 3.8) is 0 Å². The standard InChI is InChI=1S/C16H10Cl2N2/c17-12-5-3-4-11(8-12)10-20-15-7-2-1-6-13(15)14(9-19)16(20)18/h1-8H,10H2. The van der Waals surface area contributed by atoms with E-state index in [9.17, 15) is 5.26 Å². The average Bonchev–Trinajstić information content (AvgIpc) is 2.72. The molecule has 0 atom stereocenters. The van der Waals surface area contributed by atoms with E-state index in [2.05, 4.69) is 6.07 Å². The lowest BCUT2D eigenvalue weighted by molar-refractivity contribution is 0.837. The highest BCUT2D eigenvalue weighted by atomic mass is 35.5. The van der Waals surface area contributed by atoms with Crippen molar-refractivity contribution in [2.75, 3.05) is 0 Å². The van der Waals surface area contributed by atoms with E-state index in [4.69, 9.17) is 23.2 Å². The Hall–Kier alpha value is -1.95. The highest BCUT2D eigenvalue weighted by Gasteiger charge is 2.15. The molecule has 0 saturated heterocycles. The van der Waals surface area contributed by atoms with E-state index in [1.54, 1.807) is 0 Å². The number of halogens is 2. The molecule has 0 N–H and O–H groups in total. The fourth-order valence-corrected chi connectivity index (χ4v) is 2.86. The quantitative estimate of drug-likeness (QED) is 0.664. The zero-order chi connectivity index (χ0) is 14.1. The molecular formula is C16H10Cl2N2. The van der Waals surface area contributed by atoms with E-state index >= 15 is 0 Å². The molecule has 98 valence electrons. The lowest BCUT2D eigenvalue weighted by atomic mass is 10.2. The Morgan fingerprint density at radius 3 is 2.60 bits per heavy atom. The summed E-state index contributed by atoms with van der Waals surface area (Å²) >= 11 is 12.4. The Kier molecular flexibility index (Phi) is 3.40. The Labute approximate surface area is 126 Å². The number of fused-ring (bicyclic) bond motifs is 1. The number of benzene rings is 2. The number of aromatic nitrogens is 1. The fourth-order valence-electron chi connectivity index (χ4n) is 2.35. The van der Waals surface area contributed by atoms with Gasteiger partial charge in [-0.15, -0.1) is 0 Å². The largest absolute Gasteiger partial charge is 0.326 e. The van der Waals surface area contributed by atoms with Crippen molar-refractivity contribution in [2.45, 2.75) is 6.54 Å². The smallest absolute Gasteiger partial charge is 0.128 e. The van der Waals surface area contributed by atoms with Crippen LogP contribution in [-0.2, 0) is 6.54 Å². The summed E-state index contributed by atoms with van der Waals surface area (Å²) in [6.07, 6.45) is 0. The summed E-state index contributed by atoms with van der Waals surface area (Å²) in [7, 11) is 0. The van der Waals surface area contributed by atoms with Gasteiger partial charge < -0.3 is 4.57 Å². The van der Waals surface area contributed by atoms with Crippen molar-refractivity contribution >= 4 is 34.1 Å². The molecule has 20 heavy (non-hydrogen) atoms. The number of hydrogen-bond acceptors (Lipinski definition) is 1. The number of para-hydroxylation sites is 1. The van der Waals surface area contributed by atoms with Gasteiger partial charge in [-0.05, 0) is 23.8 Å². The molecule has 0 spiro atoms. The zero-order valence-corrected chi connectivity index (χ0v) is 12.0. The second-order valence-electron chi connectivity index (χ2n) is 4.51. The van der Waals surface area contributed by atoms with Gasteiger partial charge >= 0.3 is 0 Å². The number of nitrogens with zero attached hydrogens (tertiary/aromatic N) is 2. The lowest BCUT2D eigenvalue weighted by Crippen LogP contribution is -1.99.